The number of aromatic nitrogens is 1. The van der Waals surface area contributed by atoms with E-state index in [-0.39, 0.29) is 17.4 Å². The fourth-order valence-electron chi connectivity index (χ4n) is 2.91. The normalized spacial score (nSPS) is 11.7. The zero-order chi connectivity index (χ0) is 18.4. The minimum absolute atomic E-state index is 0.192. The number of anilines is 1. The molecule has 1 atom stereocenters. The summed E-state index contributed by atoms with van der Waals surface area (Å²) in [6.07, 6.45) is 1.95. The Balaban J connectivity index is 1.78. The van der Waals surface area contributed by atoms with E-state index in [4.69, 9.17) is 4.42 Å². The molecule has 26 heavy (non-hydrogen) atoms. The van der Waals surface area contributed by atoms with Crippen LogP contribution in [-0.4, -0.2) is 11.5 Å². The molecule has 0 radical (unpaired) electrons. The van der Waals surface area contributed by atoms with Crippen LogP contribution in [0.5, 0.6) is 0 Å². The van der Waals surface area contributed by atoms with Crippen molar-refractivity contribution < 1.29 is 8.81 Å². The Kier molecular flexibility index (Phi) is 5.65. The van der Waals surface area contributed by atoms with Crippen molar-refractivity contribution in [1.82, 2.24) is 4.98 Å². The Labute approximate surface area is 152 Å². The van der Waals surface area contributed by atoms with E-state index in [2.05, 4.69) is 23.3 Å². The molecule has 0 spiro atoms. The summed E-state index contributed by atoms with van der Waals surface area (Å²) >= 11 is 0. The van der Waals surface area contributed by atoms with Crippen LogP contribution in [-0.2, 0) is 0 Å². The predicted molar refractivity (Wildman–Crippen MR) is 99.2 cm³/mol. The molecule has 1 heterocycles. The van der Waals surface area contributed by atoms with Gasteiger partial charge in [-0.3, -0.25) is 0 Å². The van der Waals surface area contributed by atoms with Crippen LogP contribution in [0.2, 0.25) is 0 Å². The van der Waals surface area contributed by atoms with Crippen molar-refractivity contribution in [3.8, 4) is 17.5 Å². The Morgan fingerprint density at radius 3 is 2.54 bits per heavy atom. The zero-order valence-corrected chi connectivity index (χ0v) is 14.6. The number of benzene rings is 2. The first kappa shape index (κ1) is 17.7. The lowest BCUT2D eigenvalue weighted by Gasteiger charge is -2.17. The minimum atomic E-state index is -0.244. The molecular weight excluding hydrogens is 329 g/mol. The highest BCUT2D eigenvalue weighted by atomic mass is 19.1. The summed E-state index contributed by atoms with van der Waals surface area (Å²) in [6.45, 7) is 2.69. The van der Waals surface area contributed by atoms with Crippen LogP contribution in [0.3, 0.4) is 0 Å². The third-order valence-electron chi connectivity index (χ3n) is 4.24. The number of hydrogen-bond acceptors (Lipinski definition) is 4. The molecule has 0 fully saturated rings. The van der Waals surface area contributed by atoms with Crippen LogP contribution < -0.4 is 5.32 Å². The van der Waals surface area contributed by atoms with Crippen LogP contribution >= 0.6 is 0 Å². The summed E-state index contributed by atoms with van der Waals surface area (Å²) in [7, 11) is 0. The highest BCUT2D eigenvalue weighted by molar-refractivity contribution is 5.58. The van der Waals surface area contributed by atoms with Crippen molar-refractivity contribution in [3.63, 3.8) is 0 Å². The molecule has 0 aliphatic heterocycles. The molecule has 3 aromatic rings. The second-order valence-corrected chi connectivity index (χ2v) is 6.09. The maximum Gasteiger partial charge on any atom is 0.232 e. The SMILES string of the molecule is CCC[C@H](CNc1oc(-c2ccccc2)nc1C#N)c1ccc(F)cc1. The fraction of sp³-hybridized carbons (Fsp3) is 0.238. The lowest BCUT2D eigenvalue weighted by molar-refractivity contribution is 0.570. The Morgan fingerprint density at radius 2 is 1.88 bits per heavy atom. The Hall–Kier alpha value is -3.13. The summed E-state index contributed by atoms with van der Waals surface area (Å²) in [5, 5.41) is 12.5. The molecule has 0 bridgehead atoms. The first-order chi connectivity index (χ1) is 12.7. The molecule has 0 saturated heterocycles. The molecule has 0 aliphatic rings. The molecule has 1 N–H and O–H groups in total. The second-order valence-electron chi connectivity index (χ2n) is 6.09. The summed E-state index contributed by atoms with van der Waals surface area (Å²) in [5.41, 5.74) is 2.11. The van der Waals surface area contributed by atoms with Gasteiger partial charge in [0, 0.05) is 18.0 Å². The van der Waals surface area contributed by atoms with Crippen molar-refractivity contribution in [3.05, 3.63) is 71.7 Å². The fourth-order valence-corrected chi connectivity index (χ4v) is 2.91. The number of rotatable bonds is 7. The molecule has 132 valence electrons. The van der Waals surface area contributed by atoms with Gasteiger partial charge in [0.05, 0.1) is 0 Å². The maximum absolute atomic E-state index is 13.2. The van der Waals surface area contributed by atoms with Crippen LogP contribution in [0.1, 0.15) is 36.9 Å². The number of halogens is 1. The number of oxazole rings is 1. The van der Waals surface area contributed by atoms with Crippen molar-refractivity contribution in [2.45, 2.75) is 25.7 Å². The summed E-state index contributed by atoms with van der Waals surface area (Å²) in [6, 6.07) is 18.1. The zero-order valence-electron chi connectivity index (χ0n) is 14.6. The molecular formula is C21H20FN3O. The minimum Gasteiger partial charge on any atom is -0.419 e. The van der Waals surface area contributed by atoms with Gasteiger partial charge >= 0.3 is 0 Å². The molecule has 1 aromatic heterocycles. The molecule has 5 heteroatoms. The van der Waals surface area contributed by atoms with E-state index in [0.717, 1.165) is 24.0 Å². The van der Waals surface area contributed by atoms with Crippen LogP contribution in [0.4, 0.5) is 10.3 Å². The number of nitrogens with zero attached hydrogens (tertiary/aromatic N) is 2. The number of nitrogens with one attached hydrogen (secondary N) is 1. The van der Waals surface area contributed by atoms with Gasteiger partial charge in [-0.15, -0.1) is 0 Å². The van der Waals surface area contributed by atoms with Gasteiger partial charge in [0.2, 0.25) is 17.5 Å². The first-order valence-electron chi connectivity index (χ1n) is 8.67. The molecule has 3 rings (SSSR count). The second kappa shape index (κ2) is 8.30. The maximum atomic E-state index is 13.2. The van der Waals surface area contributed by atoms with E-state index in [1.165, 1.54) is 12.1 Å². The average Bonchev–Trinajstić information content (AvgIpc) is 3.10. The average molecular weight is 349 g/mol. The van der Waals surface area contributed by atoms with Gasteiger partial charge in [-0.05, 0) is 36.2 Å². The van der Waals surface area contributed by atoms with E-state index in [9.17, 15) is 9.65 Å². The van der Waals surface area contributed by atoms with Crippen molar-refractivity contribution in [2.75, 3.05) is 11.9 Å². The monoisotopic (exact) mass is 349 g/mol. The van der Waals surface area contributed by atoms with Gasteiger partial charge in [-0.1, -0.05) is 43.7 Å². The van der Waals surface area contributed by atoms with Gasteiger partial charge in [-0.25, -0.2) is 4.39 Å². The van der Waals surface area contributed by atoms with E-state index < -0.39 is 0 Å². The van der Waals surface area contributed by atoms with E-state index in [0.29, 0.717) is 18.3 Å². The van der Waals surface area contributed by atoms with E-state index in [1.54, 1.807) is 12.1 Å². The lowest BCUT2D eigenvalue weighted by atomic mass is 9.94. The standard InChI is InChI=1S/C21H20FN3O/c1-2-6-17(15-9-11-18(22)12-10-15)14-24-21-19(13-23)25-20(26-21)16-7-4-3-5-8-16/h3-5,7-12,17,24H,2,6,14H2,1H3/t17-/m1/s1. The summed E-state index contributed by atoms with van der Waals surface area (Å²) in [4.78, 5) is 4.27. The van der Waals surface area contributed by atoms with E-state index in [1.807, 2.05) is 30.3 Å². The third kappa shape index (κ3) is 4.09. The number of nitriles is 1. The molecule has 2 aromatic carbocycles. The first-order valence-corrected chi connectivity index (χ1v) is 8.67. The molecule has 0 unspecified atom stereocenters. The van der Waals surface area contributed by atoms with Crippen molar-refractivity contribution in [2.24, 2.45) is 0 Å². The largest absolute Gasteiger partial charge is 0.419 e. The van der Waals surface area contributed by atoms with Crippen LogP contribution in [0.15, 0.2) is 59.0 Å². The Bertz CT molecular complexity index is 882. The van der Waals surface area contributed by atoms with Gasteiger partial charge in [0.15, 0.2) is 0 Å². The molecule has 0 aliphatic carbocycles. The van der Waals surface area contributed by atoms with Crippen LogP contribution in [0, 0.1) is 17.1 Å². The van der Waals surface area contributed by atoms with Crippen molar-refractivity contribution in [1.29, 1.82) is 5.26 Å². The topological polar surface area (TPSA) is 61.9 Å². The smallest absolute Gasteiger partial charge is 0.232 e. The molecule has 4 nitrogen and oxygen atoms in total. The summed E-state index contributed by atoms with van der Waals surface area (Å²) in [5.74, 6) is 0.733. The van der Waals surface area contributed by atoms with Gasteiger partial charge in [0.1, 0.15) is 11.9 Å². The van der Waals surface area contributed by atoms with Gasteiger partial charge < -0.3 is 9.73 Å². The highest BCUT2D eigenvalue weighted by Gasteiger charge is 2.17. The third-order valence-corrected chi connectivity index (χ3v) is 4.24. The van der Waals surface area contributed by atoms with Gasteiger partial charge in [-0.2, -0.15) is 10.2 Å². The quantitative estimate of drug-likeness (QED) is 0.625. The molecule has 0 amide bonds. The van der Waals surface area contributed by atoms with Crippen molar-refractivity contribution >= 4 is 5.88 Å². The lowest BCUT2D eigenvalue weighted by Crippen LogP contribution is -2.13. The van der Waals surface area contributed by atoms with Gasteiger partial charge in [0.25, 0.3) is 0 Å². The predicted octanol–water partition coefficient (Wildman–Crippen LogP) is 5.35. The summed E-state index contributed by atoms with van der Waals surface area (Å²) < 4.78 is 18.9. The Morgan fingerprint density at radius 1 is 1.15 bits per heavy atom. The highest BCUT2D eigenvalue weighted by Crippen LogP contribution is 2.27. The number of hydrogen-bond donors (Lipinski definition) is 1. The van der Waals surface area contributed by atoms with Crippen LogP contribution in [0.25, 0.3) is 11.5 Å². The van der Waals surface area contributed by atoms with E-state index >= 15 is 0 Å². The molecule has 0 saturated carbocycles.